The molecule has 0 fully saturated rings. The smallest absolute Gasteiger partial charge is 0.0897 e. The van der Waals surface area contributed by atoms with Crippen molar-refractivity contribution in [3.8, 4) is 0 Å². The molecule has 92 valence electrons. The van der Waals surface area contributed by atoms with Crippen molar-refractivity contribution in [3.05, 3.63) is 16.1 Å². The highest BCUT2D eigenvalue weighted by Crippen LogP contribution is 2.10. The van der Waals surface area contributed by atoms with Gasteiger partial charge in [-0.3, -0.25) is 0 Å². The zero-order chi connectivity index (χ0) is 12.0. The van der Waals surface area contributed by atoms with Crippen LogP contribution in [0.1, 0.15) is 50.7 Å². The molecule has 1 rings (SSSR count). The van der Waals surface area contributed by atoms with Crippen LogP contribution < -0.4 is 5.32 Å². The van der Waals surface area contributed by atoms with Crippen molar-refractivity contribution in [2.45, 2.75) is 59.5 Å². The van der Waals surface area contributed by atoms with Crippen LogP contribution in [0.25, 0.3) is 0 Å². The van der Waals surface area contributed by atoms with Crippen LogP contribution in [-0.2, 0) is 6.54 Å². The molecule has 2 nitrogen and oxygen atoms in total. The van der Waals surface area contributed by atoms with Gasteiger partial charge in [-0.1, -0.05) is 26.7 Å². The molecule has 0 aliphatic heterocycles. The molecule has 1 N–H and O–H groups in total. The molecule has 0 bridgehead atoms. The number of hydrogen-bond acceptors (Lipinski definition) is 3. The SMILES string of the molecule is Cc1nc(CNC(C)CCCC(C)C)cs1. The number of nitrogens with zero attached hydrogens (tertiary/aromatic N) is 1. The lowest BCUT2D eigenvalue weighted by Crippen LogP contribution is -2.25. The van der Waals surface area contributed by atoms with E-state index in [9.17, 15) is 0 Å². The van der Waals surface area contributed by atoms with Gasteiger partial charge in [0.05, 0.1) is 10.7 Å². The first-order valence-electron chi connectivity index (χ1n) is 6.22. The van der Waals surface area contributed by atoms with Crippen LogP contribution in [0.5, 0.6) is 0 Å². The fourth-order valence-electron chi connectivity index (χ4n) is 1.70. The highest BCUT2D eigenvalue weighted by Gasteiger charge is 2.04. The minimum Gasteiger partial charge on any atom is -0.309 e. The van der Waals surface area contributed by atoms with Gasteiger partial charge in [-0.15, -0.1) is 11.3 Å². The summed E-state index contributed by atoms with van der Waals surface area (Å²) in [5, 5.41) is 6.83. The Hall–Kier alpha value is -0.410. The summed E-state index contributed by atoms with van der Waals surface area (Å²) >= 11 is 1.73. The third-order valence-electron chi connectivity index (χ3n) is 2.72. The minimum absolute atomic E-state index is 0.598. The minimum atomic E-state index is 0.598. The zero-order valence-corrected chi connectivity index (χ0v) is 11.7. The van der Waals surface area contributed by atoms with Gasteiger partial charge in [0.1, 0.15) is 0 Å². The quantitative estimate of drug-likeness (QED) is 0.785. The Morgan fingerprint density at radius 3 is 2.62 bits per heavy atom. The van der Waals surface area contributed by atoms with Crippen molar-refractivity contribution < 1.29 is 0 Å². The monoisotopic (exact) mass is 240 g/mol. The highest BCUT2D eigenvalue weighted by atomic mass is 32.1. The van der Waals surface area contributed by atoms with Crippen molar-refractivity contribution in [3.63, 3.8) is 0 Å². The number of thiazole rings is 1. The summed E-state index contributed by atoms with van der Waals surface area (Å²) in [4.78, 5) is 4.45. The van der Waals surface area contributed by atoms with Crippen molar-refractivity contribution in [1.29, 1.82) is 0 Å². The molecule has 1 heterocycles. The summed E-state index contributed by atoms with van der Waals surface area (Å²) in [7, 11) is 0. The van der Waals surface area contributed by atoms with E-state index in [2.05, 4.69) is 43.4 Å². The van der Waals surface area contributed by atoms with Gasteiger partial charge in [-0.2, -0.15) is 0 Å². The second-order valence-electron chi connectivity index (χ2n) is 4.96. The van der Waals surface area contributed by atoms with Crippen LogP contribution >= 0.6 is 11.3 Å². The Morgan fingerprint density at radius 2 is 2.06 bits per heavy atom. The standard InChI is InChI=1S/C13H24N2S/c1-10(2)6-5-7-11(3)14-8-13-9-16-12(4)15-13/h9-11,14H,5-8H2,1-4H3. The topological polar surface area (TPSA) is 24.9 Å². The van der Waals surface area contributed by atoms with E-state index in [1.54, 1.807) is 11.3 Å². The van der Waals surface area contributed by atoms with Gasteiger partial charge in [0.15, 0.2) is 0 Å². The second kappa shape index (κ2) is 7.02. The first-order chi connectivity index (χ1) is 7.58. The zero-order valence-electron chi connectivity index (χ0n) is 10.9. The van der Waals surface area contributed by atoms with Gasteiger partial charge in [-0.05, 0) is 26.2 Å². The lowest BCUT2D eigenvalue weighted by molar-refractivity contribution is 0.455. The summed E-state index contributed by atoms with van der Waals surface area (Å²) in [6, 6.07) is 0.598. The largest absolute Gasteiger partial charge is 0.309 e. The van der Waals surface area contributed by atoms with E-state index >= 15 is 0 Å². The first-order valence-corrected chi connectivity index (χ1v) is 7.10. The average Bonchev–Trinajstić information content (AvgIpc) is 2.61. The Bertz CT molecular complexity index is 294. The summed E-state index contributed by atoms with van der Waals surface area (Å²) in [6.07, 6.45) is 3.92. The molecule has 3 heteroatoms. The van der Waals surface area contributed by atoms with Gasteiger partial charge in [0.2, 0.25) is 0 Å². The van der Waals surface area contributed by atoms with E-state index in [1.807, 2.05) is 0 Å². The normalized spacial score (nSPS) is 13.3. The van der Waals surface area contributed by atoms with Crippen LogP contribution in [0, 0.1) is 12.8 Å². The van der Waals surface area contributed by atoms with E-state index in [4.69, 9.17) is 0 Å². The molecule has 0 aliphatic carbocycles. The van der Waals surface area contributed by atoms with Crippen LogP contribution in [0.2, 0.25) is 0 Å². The van der Waals surface area contributed by atoms with Crippen molar-refractivity contribution in [2.75, 3.05) is 0 Å². The molecule has 0 spiro atoms. The summed E-state index contributed by atoms with van der Waals surface area (Å²) in [5.41, 5.74) is 1.18. The van der Waals surface area contributed by atoms with E-state index in [1.165, 1.54) is 25.0 Å². The van der Waals surface area contributed by atoms with Crippen LogP contribution in [-0.4, -0.2) is 11.0 Å². The molecule has 0 saturated heterocycles. The Balaban J connectivity index is 2.12. The molecule has 0 aliphatic rings. The summed E-state index contributed by atoms with van der Waals surface area (Å²) in [5.74, 6) is 0.827. The molecule has 1 unspecified atom stereocenters. The molecule has 0 radical (unpaired) electrons. The van der Waals surface area contributed by atoms with Crippen LogP contribution in [0.4, 0.5) is 0 Å². The van der Waals surface area contributed by atoms with Gasteiger partial charge in [-0.25, -0.2) is 4.98 Å². The predicted octanol–water partition coefficient (Wildman–Crippen LogP) is 3.76. The molecule has 1 atom stereocenters. The van der Waals surface area contributed by atoms with Gasteiger partial charge >= 0.3 is 0 Å². The lowest BCUT2D eigenvalue weighted by atomic mass is 10.0. The van der Waals surface area contributed by atoms with E-state index in [0.717, 1.165) is 17.5 Å². The Labute approximate surface area is 103 Å². The van der Waals surface area contributed by atoms with Crippen LogP contribution in [0.15, 0.2) is 5.38 Å². The fourth-order valence-corrected chi connectivity index (χ4v) is 2.32. The average molecular weight is 240 g/mol. The van der Waals surface area contributed by atoms with Gasteiger partial charge in [0.25, 0.3) is 0 Å². The predicted molar refractivity (Wildman–Crippen MR) is 71.8 cm³/mol. The molecule has 1 aromatic rings. The van der Waals surface area contributed by atoms with Crippen molar-refractivity contribution in [2.24, 2.45) is 5.92 Å². The molecule has 0 saturated carbocycles. The third kappa shape index (κ3) is 5.61. The molecular formula is C13H24N2S. The van der Waals surface area contributed by atoms with E-state index < -0.39 is 0 Å². The van der Waals surface area contributed by atoms with Crippen molar-refractivity contribution in [1.82, 2.24) is 10.3 Å². The number of rotatable bonds is 7. The first kappa shape index (κ1) is 13.7. The van der Waals surface area contributed by atoms with E-state index in [0.29, 0.717) is 6.04 Å². The third-order valence-corrected chi connectivity index (χ3v) is 3.54. The maximum Gasteiger partial charge on any atom is 0.0897 e. The van der Waals surface area contributed by atoms with Gasteiger partial charge in [0, 0.05) is 18.0 Å². The molecule has 0 aromatic carbocycles. The summed E-state index contributed by atoms with van der Waals surface area (Å²) < 4.78 is 0. The molecule has 0 amide bonds. The number of aromatic nitrogens is 1. The maximum absolute atomic E-state index is 4.45. The fraction of sp³-hybridized carbons (Fsp3) is 0.769. The second-order valence-corrected chi connectivity index (χ2v) is 6.03. The molecule has 1 aromatic heterocycles. The van der Waals surface area contributed by atoms with Crippen LogP contribution in [0.3, 0.4) is 0 Å². The summed E-state index contributed by atoms with van der Waals surface area (Å²) in [6.45, 7) is 9.80. The molecular weight excluding hydrogens is 216 g/mol. The number of nitrogens with one attached hydrogen (secondary N) is 1. The molecule has 16 heavy (non-hydrogen) atoms. The Kier molecular flexibility index (Phi) is 5.99. The van der Waals surface area contributed by atoms with Gasteiger partial charge < -0.3 is 5.32 Å². The van der Waals surface area contributed by atoms with E-state index in [-0.39, 0.29) is 0 Å². The Morgan fingerprint density at radius 1 is 1.31 bits per heavy atom. The number of hydrogen-bond donors (Lipinski definition) is 1. The maximum atomic E-state index is 4.45. The number of aryl methyl sites for hydroxylation is 1. The highest BCUT2D eigenvalue weighted by molar-refractivity contribution is 7.09. The van der Waals surface area contributed by atoms with Crippen molar-refractivity contribution >= 4 is 11.3 Å². The lowest BCUT2D eigenvalue weighted by Gasteiger charge is -2.13.